The van der Waals surface area contributed by atoms with Crippen molar-refractivity contribution in [2.24, 2.45) is 0 Å². The van der Waals surface area contributed by atoms with Gasteiger partial charge in [0.05, 0.1) is 6.10 Å². The number of carbonyl (C=O) groups is 2. The molecule has 0 radical (unpaired) electrons. The van der Waals surface area contributed by atoms with Crippen LogP contribution in [0, 0.1) is 0 Å². The SMILES string of the molecule is O.O=C(O)/C=C\C(=O)NCC1CCCO1. The zero-order chi connectivity index (χ0) is 10.4. The lowest BCUT2D eigenvalue weighted by molar-refractivity contribution is -0.131. The first kappa shape index (κ1) is 13.6. The summed E-state index contributed by atoms with van der Waals surface area (Å²) in [4.78, 5) is 21.1. The quantitative estimate of drug-likeness (QED) is 0.595. The van der Waals surface area contributed by atoms with Crippen molar-refractivity contribution >= 4 is 11.9 Å². The van der Waals surface area contributed by atoms with Gasteiger partial charge in [-0.15, -0.1) is 0 Å². The number of nitrogens with one attached hydrogen (secondary N) is 1. The molecule has 1 atom stereocenters. The Morgan fingerprint density at radius 1 is 1.47 bits per heavy atom. The summed E-state index contributed by atoms with van der Waals surface area (Å²) >= 11 is 0. The first-order valence-corrected chi connectivity index (χ1v) is 4.49. The Bertz CT molecular complexity index is 245. The fraction of sp³-hybridized carbons (Fsp3) is 0.556. The maximum absolute atomic E-state index is 11.0. The van der Waals surface area contributed by atoms with E-state index >= 15 is 0 Å². The molecule has 0 spiro atoms. The minimum absolute atomic E-state index is 0. The third-order valence-electron chi connectivity index (χ3n) is 1.91. The molecule has 1 fully saturated rings. The molecule has 1 amide bonds. The van der Waals surface area contributed by atoms with E-state index in [0.29, 0.717) is 6.54 Å². The first-order valence-electron chi connectivity index (χ1n) is 4.49. The highest BCUT2D eigenvalue weighted by Gasteiger charge is 2.15. The van der Waals surface area contributed by atoms with Crippen molar-refractivity contribution in [2.75, 3.05) is 13.2 Å². The Hall–Kier alpha value is -1.40. The molecule has 4 N–H and O–H groups in total. The van der Waals surface area contributed by atoms with Gasteiger partial charge in [0.2, 0.25) is 5.91 Å². The van der Waals surface area contributed by atoms with Gasteiger partial charge in [-0.2, -0.15) is 0 Å². The van der Waals surface area contributed by atoms with Gasteiger partial charge in [-0.05, 0) is 12.8 Å². The van der Waals surface area contributed by atoms with Gasteiger partial charge in [-0.1, -0.05) is 0 Å². The third-order valence-corrected chi connectivity index (χ3v) is 1.91. The van der Waals surface area contributed by atoms with E-state index in [1.807, 2.05) is 0 Å². The topological polar surface area (TPSA) is 107 Å². The van der Waals surface area contributed by atoms with Gasteiger partial charge in [0.15, 0.2) is 0 Å². The van der Waals surface area contributed by atoms with E-state index in [4.69, 9.17) is 9.84 Å². The molecular weight excluding hydrogens is 202 g/mol. The van der Waals surface area contributed by atoms with E-state index in [1.165, 1.54) is 0 Å². The number of rotatable bonds is 4. The molecule has 1 aliphatic heterocycles. The number of hydrogen-bond donors (Lipinski definition) is 2. The molecule has 0 aromatic carbocycles. The molecule has 0 aliphatic carbocycles. The Labute approximate surface area is 87.2 Å². The molecule has 1 unspecified atom stereocenters. The van der Waals surface area contributed by atoms with Crippen molar-refractivity contribution in [2.45, 2.75) is 18.9 Å². The number of amides is 1. The van der Waals surface area contributed by atoms with Crippen molar-refractivity contribution in [1.82, 2.24) is 5.32 Å². The highest BCUT2D eigenvalue weighted by atomic mass is 16.5. The highest BCUT2D eigenvalue weighted by molar-refractivity contribution is 5.93. The van der Waals surface area contributed by atoms with Crippen molar-refractivity contribution in [3.05, 3.63) is 12.2 Å². The van der Waals surface area contributed by atoms with Crippen LogP contribution in [0.3, 0.4) is 0 Å². The molecule has 6 heteroatoms. The summed E-state index contributed by atoms with van der Waals surface area (Å²) in [7, 11) is 0. The van der Waals surface area contributed by atoms with E-state index < -0.39 is 11.9 Å². The number of carbonyl (C=O) groups excluding carboxylic acids is 1. The van der Waals surface area contributed by atoms with Crippen LogP contribution in [-0.4, -0.2) is 41.7 Å². The Balaban J connectivity index is 0.00000196. The second-order valence-electron chi connectivity index (χ2n) is 3.05. The van der Waals surface area contributed by atoms with Crippen LogP contribution in [0.4, 0.5) is 0 Å². The van der Waals surface area contributed by atoms with E-state index in [2.05, 4.69) is 5.32 Å². The molecular formula is C9H15NO5. The van der Waals surface area contributed by atoms with Crippen LogP contribution in [0.5, 0.6) is 0 Å². The van der Waals surface area contributed by atoms with E-state index in [1.54, 1.807) is 0 Å². The maximum atomic E-state index is 11.0. The van der Waals surface area contributed by atoms with Crippen LogP contribution in [0.2, 0.25) is 0 Å². The first-order chi connectivity index (χ1) is 6.68. The average molecular weight is 217 g/mol. The monoisotopic (exact) mass is 217 g/mol. The minimum atomic E-state index is -1.13. The lowest BCUT2D eigenvalue weighted by Crippen LogP contribution is -2.30. The van der Waals surface area contributed by atoms with Gasteiger partial charge in [0.25, 0.3) is 0 Å². The molecule has 0 aromatic heterocycles. The summed E-state index contributed by atoms with van der Waals surface area (Å²) in [5.41, 5.74) is 0. The molecule has 1 aliphatic rings. The lowest BCUT2D eigenvalue weighted by Gasteiger charge is -2.08. The molecule has 0 bridgehead atoms. The highest BCUT2D eigenvalue weighted by Crippen LogP contribution is 2.10. The summed E-state index contributed by atoms with van der Waals surface area (Å²) in [6.45, 7) is 1.19. The average Bonchev–Trinajstić information content (AvgIpc) is 2.63. The summed E-state index contributed by atoms with van der Waals surface area (Å²) in [5.74, 6) is -1.53. The van der Waals surface area contributed by atoms with Gasteiger partial charge < -0.3 is 20.6 Å². The van der Waals surface area contributed by atoms with Gasteiger partial charge in [0.1, 0.15) is 0 Å². The third kappa shape index (κ3) is 5.82. The summed E-state index contributed by atoms with van der Waals surface area (Å²) in [6, 6.07) is 0. The van der Waals surface area contributed by atoms with Crippen LogP contribution in [-0.2, 0) is 14.3 Å². The second-order valence-corrected chi connectivity index (χ2v) is 3.05. The Morgan fingerprint density at radius 3 is 2.73 bits per heavy atom. The smallest absolute Gasteiger partial charge is 0.328 e. The van der Waals surface area contributed by atoms with Crippen molar-refractivity contribution in [3.63, 3.8) is 0 Å². The molecule has 1 rings (SSSR count). The number of hydrogen-bond acceptors (Lipinski definition) is 3. The largest absolute Gasteiger partial charge is 0.478 e. The summed E-state index contributed by atoms with van der Waals surface area (Å²) in [6.07, 6.45) is 3.86. The molecule has 0 saturated carbocycles. The standard InChI is InChI=1S/C9H13NO4.H2O/c11-8(3-4-9(12)13)10-6-7-2-1-5-14-7;/h3-4,7H,1-2,5-6H2,(H,10,11)(H,12,13);1H2/b4-3-;. The van der Waals surface area contributed by atoms with Crippen LogP contribution in [0.15, 0.2) is 12.2 Å². The van der Waals surface area contributed by atoms with Crippen LogP contribution in [0.1, 0.15) is 12.8 Å². The van der Waals surface area contributed by atoms with E-state index in [0.717, 1.165) is 31.6 Å². The van der Waals surface area contributed by atoms with E-state index in [-0.39, 0.29) is 11.6 Å². The lowest BCUT2D eigenvalue weighted by atomic mass is 10.2. The van der Waals surface area contributed by atoms with Crippen LogP contribution in [0.25, 0.3) is 0 Å². The normalized spacial score (nSPS) is 19.9. The fourth-order valence-corrected chi connectivity index (χ4v) is 1.23. The fourth-order valence-electron chi connectivity index (χ4n) is 1.23. The van der Waals surface area contributed by atoms with Crippen LogP contribution >= 0.6 is 0 Å². The predicted molar refractivity (Wildman–Crippen MR) is 52.4 cm³/mol. The molecule has 86 valence electrons. The number of aliphatic carboxylic acids is 1. The van der Waals surface area contributed by atoms with Crippen molar-refractivity contribution < 1.29 is 24.9 Å². The molecule has 0 aromatic rings. The Kier molecular flexibility index (Phi) is 6.32. The summed E-state index contributed by atoms with van der Waals surface area (Å²) < 4.78 is 5.27. The second kappa shape index (κ2) is 6.97. The maximum Gasteiger partial charge on any atom is 0.328 e. The van der Waals surface area contributed by atoms with Crippen molar-refractivity contribution in [1.29, 1.82) is 0 Å². The molecule has 6 nitrogen and oxygen atoms in total. The number of ether oxygens (including phenoxy) is 1. The zero-order valence-electron chi connectivity index (χ0n) is 8.23. The van der Waals surface area contributed by atoms with Crippen molar-refractivity contribution in [3.8, 4) is 0 Å². The van der Waals surface area contributed by atoms with Gasteiger partial charge in [-0.25, -0.2) is 4.79 Å². The van der Waals surface area contributed by atoms with Gasteiger partial charge >= 0.3 is 5.97 Å². The van der Waals surface area contributed by atoms with Crippen LogP contribution < -0.4 is 5.32 Å². The Morgan fingerprint density at radius 2 is 2.20 bits per heavy atom. The molecule has 1 heterocycles. The summed E-state index contributed by atoms with van der Waals surface area (Å²) in [5, 5.41) is 10.8. The van der Waals surface area contributed by atoms with E-state index in [9.17, 15) is 9.59 Å². The minimum Gasteiger partial charge on any atom is -0.478 e. The molecule has 1 saturated heterocycles. The number of carboxylic acid groups (broad SMARTS) is 1. The predicted octanol–water partition coefficient (Wildman–Crippen LogP) is -0.902. The zero-order valence-corrected chi connectivity index (χ0v) is 8.23. The number of carboxylic acids is 1. The van der Waals surface area contributed by atoms with Gasteiger partial charge in [0, 0.05) is 25.3 Å². The molecule has 15 heavy (non-hydrogen) atoms. The van der Waals surface area contributed by atoms with Gasteiger partial charge in [-0.3, -0.25) is 4.79 Å².